The number of ether oxygens (including phenoxy) is 1. The first-order valence-corrected chi connectivity index (χ1v) is 17.9. The summed E-state index contributed by atoms with van der Waals surface area (Å²) in [6.07, 6.45) is 3.53. The molecule has 2 aromatic heterocycles. The van der Waals surface area contributed by atoms with Crippen LogP contribution in [0.4, 0.5) is 23.0 Å². The van der Waals surface area contributed by atoms with Crippen molar-refractivity contribution in [3.8, 4) is 33.8 Å². The first-order chi connectivity index (χ1) is 25.7. The maximum Gasteiger partial charge on any atom is 0.154 e. The zero-order valence-electron chi connectivity index (χ0n) is 27.5. The van der Waals surface area contributed by atoms with Gasteiger partial charge in [0.1, 0.15) is 23.2 Å². The van der Waals surface area contributed by atoms with E-state index in [4.69, 9.17) is 14.7 Å². The van der Waals surface area contributed by atoms with Crippen LogP contribution in [0.25, 0.3) is 43.8 Å². The molecule has 7 nitrogen and oxygen atoms in total. The highest BCUT2D eigenvalue weighted by atomic mass is 32.2. The Balaban J connectivity index is 0.942. The van der Waals surface area contributed by atoms with Crippen LogP contribution in [-0.4, -0.2) is 21.6 Å². The minimum atomic E-state index is 0.677. The molecule has 0 atom stereocenters. The molecular formula is C44H26N6OS. The number of pyridine rings is 2. The molecule has 8 aromatic rings. The van der Waals surface area contributed by atoms with Gasteiger partial charge in [-0.3, -0.25) is 0 Å². The molecule has 0 radical (unpaired) electrons. The summed E-state index contributed by atoms with van der Waals surface area (Å²) in [5.74, 6) is 4.71. The number of nitrogens with zero attached hydrogens (tertiary/aromatic N) is 4. The van der Waals surface area contributed by atoms with Gasteiger partial charge in [0.2, 0.25) is 0 Å². The van der Waals surface area contributed by atoms with Crippen molar-refractivity contribution in [2.45, 2.75) is 9.79 Å². The van der Waals surface area contributed by atoms with E-state index in [0.717, 1.165) is 77.7 Å². The predicted molar refractivity (Wildman–Crippen MR) is 211 cm³/mol. The van der Waals surface area contributed by atoms with E-state index in [1.807, 2.05) is 36.4 Å². The highest BCUT2D eigenvalue weighted by molar-refractivity contribution is 7.99. The fourth-order valence-electron chi connectivity index (χ4n) is 7.47. The van der Waals surface area contributed by atoms with E-state index in [2.05, 4.69) is 118 Å². The summed E-state index contributed by atoms with van der Waals surface area (Å²) in [6.45, 7) is 0. The van der Waals surface area contributed by atoms with Crippen molar-refractivity contribution in [2.24, 2.45) is 9.98 Å². The Kier molecular flexibility index (Phi) is 6.35. The smallest absolute Gasteiger partial charge is 0.154 e. The molecule has 0 aliphatic carbocycles. The van der Waals surface area contributed by atoms with Gasteiger partial charge in [0, 0.05) is 45.7 Å². The lowest BCUT2D eigenvalue weighted by Gasteiger charge is -2.21. The third kappa shape index (κ3) is 4.62. The third-order valence-electron chi connectivity index (χ3n) is 9.80. The number of hydrogen-bond acceptors (Lipinski definition) is 6. The van der Waals surface area contributed by atoms with Crippen LogP contribution >= 0.6 is 11.8 Å². The Morgan fingerprint density at radius 1 is 0.481 bits per heavy atom. The molecule has 3 aliphatic heterocycles. The molecule has 8 heteroatoms. The van der Waals surface area contributed by atoms with E-state index in [-0.39, 0.29) is 0 Å². The van der Waals surface area contributed by atoms with Crippen molar-refractivity contribution in [1.29, 1.82) is 0 Å². The Bertz CT molecular complexity index is 2660. The Labute approximate surface area is 302 Å². The number of benzene rings is 6. The van der Waals surface area contributed by atoms with Crippen molar-refractivity contribution in [3.05, 3.63) is 157 Å². The van der Waals surface area contributed by atoms with Crippen molar-refractivity contribution in [3.63, 3.8) is 0 Å². The van der Waals surface area contributed by atoms with Crippen molar-refractivity contribution >= 4 is 68.0 Å². The molecule has 11 rings (SSSR count). The molecule has 52 heavy (non-hydrogen) atoms. The lowest BCUT2D eigenvalue weighted by Crippen LogP contribution is -2.06. The van der Waals surface area contributed by atoms with E-state index in [9.17, 15) is 0 Å². The van der Waals surface area contributed by atoms with E-state index < -0.39 is 0 Å². The molecule has 0 unspecified atom stereocenters. The van der Waals surface area contributed by atoms with E-state index in [1.165, 1.54) is 21.5 Å². The monoisotopic (exact) mass is 686 g/mol. The summed E-state index contributed by atoms with van der Waals surface area (Å²) in [5.41, 5.74) is 8.86. The van der Waals surface area contributed by atoms with Crippen LogP contribution in [0.1, 0.15) is 11.1 Å². The van der Waals surface area contributed by atoms with Gasteiger partial charge in [-0.25, -0.2) is 20.0 Å². The summed E-state index contributed by atoms with van der Waals surface area (Å²) in [5, 5.41) is 11.7. The average Bonchev–Trinajstić information content (AvgIpc) is 3.73. The first kappa shape index (κ1) is 29.0. The Morgan fingerprint density at radius 2 is 1.00 bits per heavy atom. The highest BCUT2D eigenvalue weighted by Crippen LogP contribution is 2.51. The van der Waals surface area contributed by atoms with Gasteiger partial charge < -0.3 is 15.4 Å². The summed E-state index contributed by atoms with van der Waals surface area (Å²) < 4.78 is 6.49. The fraction of sp³-hybridized carbons (Fsp3) is 0. The van der Waals surface area contributed by atoms with Gasteiger partial charge in [0.25, 0.3) is 0 Å². The van der Waals surface area contributed by atoms with Crippen LogP contribution in [0, 0.1) is 0 Å². The zero-order valence-corrected chi connectivity index (χ0v) is 28.3. The topological polar surface area (TPSA) is 83.8 Å². The number of amidine groups is 2. The van der Waals surface area contributed by atoms with Crippen molar-refractivity contribution in [2.75, 3.05) is 10.6 Å². The molecule has 0 spiro atoms. The lowest BCUT2D eigenvalue weighted by atomic mass is 9.95. The second-order valence-electron chi connectivity index (χ2n) is 12.9. The SMILES string of the molecule is c1ccc(/N=C2\Nc3ccc(-c4ccc5c(c4)Sc4cc(-c6ccc7c8c(cccc68)/C(=N/c6ccccn6)N7)ccc4O5)c4cccc2c34)nc1. The van der Waals surface area contributed by atoms with Crippen LogP contribution in [0.2, 0.25) is 0 Å². The van der Waals surface area contributed by atoms with E-state index in [0.29, 0.717) is 11.6 Å². The van der Waals surface area contributed by atoms with Gasteiger partial charge in [-0.15, -0.1) is 0 Å². The van der Waals surface area contributed by atoms with Crippen LogP contribution in [-0.2, 0) is 0 Å². The second kappa shape index (κ2) is 11.4. The molecule has 0 amide bonds. The maximum absolute atomic E-state index is 6.49. The third-order valence-corrected chi connectivity index (χ3v) is 10.9. The highest BCUT2D eigenvalue weighted by Gasteiger charge is 2.25. The van der Waals surface area contributed by atoms with Crippen LogP contribution in [0.5, 0.6) is 11.5 Å². The molecule has 6 aromatic carbocycles. The molecular weight excluding hydrogens is 661 g/mol. The number of aliphatic imine (C=N–C) groups is 2. The molecule has 244 valence electrons. The minimum absolute atomic E-state index is 0.677. The van der Waals surface area contributed by atoms with Crippen LogP contribution < -0.4 is 15.4 Å². The van der Waals surface area contributed by atoms with Gasteiger partial charge in [0.15, 0.2) is 11.6 Å². The Morgan fingerprint density at radius 3 is 1.48 bits per heavy atom. The molecule has 0 fully saturated rings. The second-order valence-corrected chi connectivity index (χ2v) is 13.9. The summed E-state index contributed by atoms with van der Waals surface area (Å²) in [7, 11) is 0. The lowest BCUT2D eigenvalue weighted by molar-refractivity contribution is 0.455. The van der Waals surface area contributed by atoms with Gasteiger partial charge in [-0.2, -0.15) is 0 Å². The summed E-state index contributed by atoms with van der Waals surface area (Å²) in [6, 6.07) is 46.0. The maximum atomic E-state index is 6.49. The van der Waals surface area contributed by atoms with Crippen molar-refractivity contribution < 1.29 is 4.74 Å². The van der Waals surface area contributed by atoms with Crippen LogP contribution in [0.15, 0.2) is 166 Å². The number of nitrogens with one attached hydrogen (secondary N) is 2. The Hall–Kier alpha value is -6.77. The van der Waals surface area contributed by atoms with E-state index in [1.54, 1.807) is 24.2 Å². The largest absolute Gasteiger partial charge is 0.455 e. The number of aromatic nitrogens is 2. The number of anilines is 2. The summed E-state index contributed by atoms with van der Waals surface area (Å²) >= 11 is 1.75. The van der Waals surface area contributed by atoms with Crippen LogP contribution in [0.3, 0.4) is 0 Å². The molecule has 0 saturated carbocycles. The standard InChI is InChI=1S/C44H26N6OS/c1-3-21-45-39(11-1)49-43-31-9-5-7-29-27(15-17-33(47-43)41(29)31)25-13-19-35-37(23-25)52-38-24-26(14-20-36(38)51-35)28-16-18-34-42-30(28)8-6-10-32(42)44(48-34)50-40-12-2-4-22-46-40/h1-24H,(H,45,47,49)(H,46,48,50). The molecule has 0 bridgehead atoms. The quantitative estimate of drug-likeness (QED) is 0.192. The number of hydrogen-bond donors (Lipinski definition) is 2. The van der Waals surface area contributed by atoms with Gasteiger partial charge in [-0.05, 0) is 93.7 Å². The summed E-state index contributed by atoms with van der Waals surface area (Å²) in [4.78, 5) is 20.6. The number of rotatable bonds is 4. The average molecular weight is 687 g/mol. The predicted octanol–water partition coefficient (Wildman–Crippen LogP) is 11.4. The first-order valence-electron chi connectivity index (χ1n) is 17.0. The van der Waals surface area contributed by atoms with Gasteiger partial charge in [-0.1, -0.05) is 84.6 Å². The molecule has 3 aliphatic rings. The molecule has 0 saturated heterocycles. The zero-order chi connectivity index (χ0) is 34.2. The van der Waals surface area contributed by atoms with Gasteiger partial charge in [0.05, 0.1) is 9.79 Å². The van der Waals surface area contributed by atoms with Gasteiger partial charge >= 0.3 is 0 Å². The van der Waals surface area contributed by atoms with Crippen molar-refractivity contribution in [1.82, 2.24) is 9.97 Å². The number of fused-ring (bicyclic) bond motifs is 2. The normalized spacial score (nSPS) is 15.0. The molecule has 2 N–H and O–H groups in total. The molecule has 5 heterocycles. The fourth-order valence-corrected chi connectivity index (χ4v) is 8.50. The van der Waals surface area contributed by atoms with E-state index >= 15 is 0 Å². The minimum Gasteiger partial charge on any atom is -0.455 e.